The monoisotopic (exact) mass is 276 g/mol. The number of nitrogens with two attached hydrogens (primary N) is 1. The molecule has 2 rings (SSSR count). The minimum Gasteiger partial charge on any atom is -0.382 e. The molecule has 0 aliphatic carbocycles. The van der Waals surface area contributed by atoms with E-state index in [4.69, 9.17) is 11.0 Å². The summed E-state index contributed by atoms with van der Waals surface area (Å²) >= 11 is 1.15. The summed E-state index contributed by atoms with van der Waals surface area (Å²) in [6.45, 7) is 3.97. The standard InChI is InChI=1S/C13H13FN4S/c1-7-3-9(4-8(2)11(7)14)6-17-13-10(5-15)12(16)18-19-13/h3-4,17H,6H2,1-2H3,(H2,16,18). The summed E-state index contributed by atoms with van der Waals surface area (Å²) in [7, 11) is 0. The van der Waals surface area contributed by atoms with Crippen LogP contribution < -0.4 is 11.1 Å². The molecule has 0 aliphatic heterocycles. The van der Waals surface area contributed by atoms with Crippen molar-refractivity contribution in [2.75, 3.05) is 11.1 Å². The summed E-state index contributed by atoms with van der Waals surface area (Å²) < 4.78 is 17.4. The van der Waals surface area contributed by atoms with E-state index in [-0.39, 0.29) is 11.6 Å². The molecule has 0 spiro atoms. The quantitative estimate of drug-likeness (QED) is 0.903. The highest BCUT2D eigenvalue weighted by Crippen LogP contribution is 2.26. The average Bonchev–Trinajstić information content (AvgIpc) is 2.73. The number of nitrogens with one attached hydrogen (secondary N) is 1. The van der Waals surface area contributed by atoms with E-state index in [0.717, 1.165) is 17.1 Å². The highest BCUT2D eigenvalue weighted by Gasteiger charge is 2.11. The van der Waals surface area contributed by atoms with Crippen LogP contribution in [0.2, 0.25) is 0 Å². The number of nitriles is 1. The molecule has 3 N–H and O–H groups in total. The maximum Gasteiger partial charge on any atom is 0.157 e. The van der Waals surface area contributed by atoms with Gasteiger partial charge in [0.25, 0.3) is 0 Å². The Hall–Kier alpha value is -2.13. The number of aromatic nitrogens is 1. The van der Waals surface area contributed by atoms with Crippen LogP contribution in [0.25, 0.3) is 0 Å². The number of hydrogen-bond donors (Lipinski definition) is 2. The Bertz CT molecular complexity index is 634. The van der Waals surface area contributed by atoms with Crippen molar-refractivity contribution >= 4 is 22.4 Å². The van der Waals surface area contributed by atoms with Gasteiger partial charge in [0.1, 0.15) is 22.5 Å². The second kappa shape index (κ2) is 5.24. The molecule has 0 radical (unpaired) electrons. The Morgan fingerprint density at radius 3 is 2.63 bits per heavy atom. The SMILES string of the molecule is Cc1cc(CNc2snc(N)c2C#N)cc(C)c1F. The van der Waals surface area contributed by atoms with E-state index in [1.54, 1.807) is 26.0 Å². The topological polar surface area (TPSA) is 74.7 Å². The summed E-state index contributed by atoms with van der Waals surface area (Å²) in [6, 6.07) is 5.58. The van der Waals surface area contributed by atoms with Crippen molar-refractivity contribution in [2.24, 2.45) is 0 Å². The van der Waals surface area contributed by atoms with Crippen molar-refractivity contribution < 1.29 is 4.39 Å². The van der Waals surface area contributed by atoms with Gasteiger partial charge in [-0.1, -0.05) is 12.1 Å². The summed E-state index contributed by atoms with van der Waals surface area (Å²) in [5.41, 5.74) is 8.11. The molecule has 1 heterocycles. The van der Waals surface area contributed by atoms with Crippen molar-refractivity contribution in [2.45, 2.75) is 20.4 Å². The van der Waals surface area contributed by atoms with Crippen LogP contribution in [-0.2, 0) is 6.54 Å². The zero-order valence-corrected chi connectivity index (χ0v) is 11.4. The predicted molar refractivity (Wildman–Crippen MR) is 74.4 cm³/mol. The van der Waals surface area contributed by atoms with Crippen LogP contribution >= 0.6 is 11.5 Å². The van der Waals surface area contributed by atoms with Gasteiger partial charge >= 0.3 is 0 Å². The molecule has 19 heavy (non-hydrogen) atoms. The predicted octanol–water partition coefficient (Wildman–Crippen LogP) is 2.97. The lowest BCUT2D eigenvalue weighted by molar-refractivity contribution is 0.608. The Labute approximate surface area is 114 Å². The Kier molecular flexibility index (Phi) is 3.67. The largest absolute Gasteiger partial charge is 0.382 e. The number of rotatable bonds is 3. The maximum atomic E-state index is 13.5. The lowest BCUT2D eigenvalue weighted by atomic mass is 10.1. The number of halogens is 1. The summed E-state index contributed by atoms with van der Waals surface area (Å²) in [5.74, 6) is 0.0602. The molecular formula is C13H13FN4S. The van der Waals surface area contributed by atoms with Crippen molar-refractivity contribution in [3.05, 3.63) is 40.2 Å². The Morgan fingerprint density at radius 2 is 2.05 bits per heavy atom. The van der Waals surface area contributed by atoms with Gasteiger partial charge in [-0.25, -0.2) is 4.39 Å². The van der Waals surface area contributed by atoms with Gasteiger partial charge in [-0.05, 0) is 42.1 Å². The van der Waals surface area contributed by atoms with E-state index in [2.05, 4.69) is 9.69 Å². The van der Waals surface area contributed by atoms with Gasteiger partial charge in [-0.2, -0.15) is 9.64 Å². The molecule has 1 aromatic carbocycles. The highest BCUT2D eigenvalue weighted by atomic mass is 32.1. The van der Waals surface area contributed by atoms with Crippen LogP contribution in [0, 0.1) is 31.0 Å². The molecule has 6 heteroatoms. The van der Waals surface area contributed by atoms with Gasteiger partial charge in [-0.3, -0.25) is 0 Å². The molecule has 0 amide bonds. The van der Waals surface area contributed by atoms with Crippen molar-refractivity contribution in [3.63, 3.8) is 0 Å². The number of nitrogens with zero attached hydrogens (tertiary/aromatic N) is 2. The number of aryl methyl sites for hydroxylation is 2. The zero-order valence-electron chi connectivity index (χ0n) is 10.6. The van der Waals surface area contributed by atoms with Crippen LogP contribution in [0.15, 0.2) is 12.1 Å². The number of benzene rings is 1. The fourth-order valence-corrected chi connectivity index (χ4v) is 2.51. The first kappa shape index (κ1) is 13.3. The van der Waals surface area contributed by atoms with E-state index in [1.807, 2.05) is 6.07 Å². The molecular weight excluding hydrogens is 263 g/mol. The molecule has 0 saturated carbocycles. The fraction of sp³-hybridized carbons (Fsp3) is 0.231. The van der Waals surface area contributed by atoms with Crippen LogP contribution in [0.4, 0.5) is 15.2 Å². The number of hydrogen-bond acceptors (Lipinski definition) is 5. The third-order valence-corrected chi connectivity index (χ3v) is 3.60. The molecule has 98 valence electrons. The lowest BCUT2D eigenvalue weighted by Crippen LogP contribution is -2.02. The molecule has 0 atom stereocenters. The van der Waals surface area contributed by atoms with Crippen LogP contribution in [0.1, 0.15) is 22.3 Å². The van der Waals surface area contributed by atoms with E-state index >= 15 is 0 Å². The van der Waals surface area contributed by atoms with Gasteiger partial charge in [0, 0.05) is 6.54 Å². The average molecular weight is 276 g/mol. The Balaban J connectivity index is 2.17. The van der Waals surface area contributed by atoms with Crippen molar-refractivity contribution in [1.29, 1.82) is 5.26 Å². The Morgan fingerprint density at radius 1 is 1.42 bits per heavy atom. The summed E-state index contributed by atoms with van der Waals surface area (Å²) in [4.78, 5) is 0. The minimum absolute atomic E-state index is 0.177. The van der Waals surface area contributed by atoms with Gasteiger partial charge in [0.05, 0.1) is 0 Å². The highest BCUT2D eigenvalue weighted by molar-refractivity contribution is 7.10. The van der Waals surface area contributed by atoms with E-state index in [9.17, 15) is 4.39 Å². The third kappa shape index (κ3) is 2.66. The van der Waals surface area contributed by atoms with Gasteiger partial charge in [0.15, 0.2) is 5.82 Å². The first-order valence-corrected chi connectivity index (χ1v) is 6.45. The minimum atomic E-state index is -0.177. The van der Waals surface area contributed by atoms with Crippen LogP contribution in [-0.4, -0.2) is 4.37 Å². The summed E-state index contributed by atoms with van der Waals surface area (Å²) in [6.07, 6.45) is 0. The fourth-order valence-electron chi connectivity index (χ4n) is 1.85. The number of anilines is 2. The van der Waals surface area contributed by atoms with E-state index < -0.39 is 0 Å². The first-order chi connectivity index (χ1) is 9.02. The molecule has 0 unspecified atom stereocenters. The van der Waals surface area contributed by atoms with Crippen LogP contribution in [0.5, 0.6) is 0 Å². The molecule has 0 aliphatic rings. The molecule has 2 aromatic rings. The third-order valence-electron chi connectivity index (χ3n) is 2.78. The molecule has 0 bridgehead atoms. The molecule has 0 fully saturated rings. The smallest absolute Gasteiger partial charge is 0.157 e. The lowest BCUT2D eigenvalue weighted by Gasteiger charge is -2.08. The van der Waals surface area contributed by atoms with E-state index in [0.29, 0.717) is 28.2 Å². The van der Waals surface area contributed by atoms with Gasteiger partial charge in [-0.15, -0.1) is 0 Å². The van der Waals surface area contributed by atoms with E-state index in [1.165, 1.54) is 0 Å². The van der Waals surface area contributed by atoms with Crippen LogP contribution in [0.3, 0.4) is 0 Å². The molecule has 4 nitrogen and oxygen atoms in total. The van der Waals surface area contributed by atoms with Crippen molar-refractivity contribution in [1.82, 2.24) is 4.37 Å². The van der Waals surface area contributed by atoms with Gasteiger partial charge < -0.3 is 11.1 Å². The summed E-state index contributed by atoms with van der Waals surface area (Å²) in [5, 5.41) is 12.7. The van der Waals surface area contributed by atoms with Gasteiger partial charge in [0.2, 0.25) is 0 Å². The second-order valence-electron chi connectivity index (χ2n) is 4.28. The first-order valence-electron chi connectivity index (χ1n) is 5.67. The zero-order chi connectivity index (χ0) is 14.0. The molecule has 1 aromatic heterocycles. The molecule has 0 saturated heterocycles. The second-order valence-corrected chi connectivity index (χ2v) is 5.05. The maximum absolute atomic E-state index is 13.5. The van der Waals surface area contributed by atoms with Crippen molar-refractivity contribution in [3.8, 4) is 6.07 Å². The normalized spacial score (nSPS) is 10.2. The number of nitrogen functional groups attached to an aromatic ring is 1.